The Labute approximate surface area is 116 Å². The minimum absolute atomic E-state index is 0.224. The molecule has 0 unspecified atom stereocenters. The van der Waals surface area contributed by atoms with E-state index in [1.165, 1.54) is 0 Å². The third kappa shape index (κ3) is 4.18. The van der Waals surface area contributed by atoms with Crippen molar-refractivity contribution in [3.63, 3.8) is 0 Å². The zero-order valence-electron chi connectivity index (χ0n) is 11.5. The van der Waals surface area contributed by atoms with E-state index in [0.717, 1.165) is 18.9 Å². The number of carbonyl (C=O) groups is 1. The van der Waals surface area contributed by atoms with Gasteiger partial charge >= 0.3 is 0 Å². The molecule has 6 nitrogen and oxygen atoms in total. The van der Waals surface area contributed by atoms with E-state index in [-0.39, 0.29) is 11.3 Å². The molecule has 0 saturated heterocycles. The van der Waals surface area contributed by atoms with Crippen molar-refractivity contribution in [2.75, 3.05) is 12.3 Å². The Morgan fingerprint density at radius 2 is 2.15 bits per heavy atom. The zero-order valence-corrected chi connectivity index (χ0v) is 11.5. The molecule has 0 radical (unpaired) electrons. The van der Waals surface area contributed by atoms with E-state index in [2.05, 4.69) is 19.2 Å². The SMILES string of the molecule is CC(C)CCCNC(=O)c1cc(N)c(F)cc1[N+](=O)[O-]. The van der Waals surface area contributed by atoms with Gasteiger partial charge in [-0.05, 0) is 24.8 Å². The summed E-state index contributed by atoms with van der Waals surface area (Å²) in [5.74, 6) is -1.01. The van der Waals surface area contributed by atoms with Crippen molar-refractivity contribution in [1.82, 2.24) is 5.32 Å². The lowest BCUT2D eigenvalue weighted by molar-refractivity contribution is -0.385. The number of nitrogens with two attached hydrogens (primary N) is 1. The van der Waals surface area contributed by atoms with Gasteiger partial charge in [-0.3, -0.25) is 14.9 Å². The zero-order chi connectivity index (χ0) is 15.3. The largest absolute Gasteiger partial charge is 0.396 e. The Kier molecular flexibility index (Phi) is 5.42. The molecule has 7 heteroatoms. The number of nitrogen functional groups attached to an aromatic ring is 1. The van der Waals surface area contributed by atoms with Crippen LogP contribution in [0.4, 0.5) is 15.8 Å². The van der Waals surface area contributed by atoms with Gasteiger partial charge in [0.25, 0.3) is 11.6 Å². The smallest absolute Gasteiger partial charge is 0.285 e. The molecule has 0 saturated carbocycles. The fourth-order valence-electron chi connectivity index (χ4n) is 1.72. The maximum Gasteiger partial charge on any atom is 0.285 e. The van der Waals surface area contributed by atoms with Crippen LogP contribution in [-0.4, -0.2) is 17.4 Å². The molecule has 0 aromatic heterocycles. The molecule has 3 N–H and O–H groups in total. The minimum atomic E-state index is -0.909. The molecule has 1 aromatic rings. The number of anilines is 1. The molecule has 1 aromatic carbocycles. The average molecular weight is 283 g/mol. The van der Waals surface area contributed by atoms with Crippen LogP contribution in [0, 0.1) is 21.8 Å². The van der Waals surface area contributed by atoms with Gasteiger partial charge in [0.1, 0.15) is 5.56 Å². The quantitative estimate of drug-likeness (QED) is 0.362. The lowest BCUT2D eigenvalue weighted by Gasteiger charge is -2.08. The molecule has 20 heavy (non-hydrogen) atoms. The summed E-state index contributed by atoms with van der Waals surface area (Å²) < 4.78 is 13.2. The molecule has 1 rings (SSSR count). The molecule has 0 aliphatic rings. The Balaban J connectivity index is 2.81. The predicted molar refractivity (Wildman–Crippen MR) is 73.9 cm³/mol. The fourth-order valence-corrected chi connectivity index (χ4v) is 1.72. The summed E-state index contributed by atoms with van der Waals surface area (Å²) in [6.45, 7) is 4.53. The Morgan fingerprint density at radius 1 is 1.50 bits per heavy atom. The van der Waals surface area contributed by atoms with Gasteiger partial charge in [0, 0.05) is 6.54 Å². The van der Waals surface area contributed by atoms with Gasteiger partial charge in [-0.25, -0.2) is 4.39 Å². The molecule has 0 spiro atoms. The second-order valence-corrected chi connectivity index (χ2v) is 4.94. The first-order valence-electron chi connectivity index (χ1n) is 6.34. The number of hydrogen-bond donors (Lipinski definition) is 2. The number of amides is 1. The van der Waals surface area contributed by atoms with Crippen molar-refractivity contribution in [2.24, 2.45) is 5.92 Å². The van der Waals surface area contributed by atoms with E-state index in [1.807, 2.05) is 0 Å². The van der Waals surface area contributed by atoms with Crippen LogP contribution in [0.5, 0.6) is 0 Å². The molecular formula is C13H18FN3O3. The first kappa shape index (κ1) is 15.9. The maximum absolute atomic E-state index is 13.2. The van der Waals surface area contributed by atoms with Gasteiger partial charge in [-0.2, -0.15) is 0 Å². The third-order valence-corrected chi connectivity index (χ3v) is 2.80. The Bertz CT molecular complexity index is 518. The molecule has 0 fully saturated rings. The van der Waals surface area contributed by atoms with Crippen LogP contribution in [0.1, 0.15) is 37.0 Å². The summed E-state index contributed by atoms with van der Waals surface area (Å²) in [6, 6.07) is 1.66. The van der Waals surface area contributed by atoms with Crippen molar-refractivity contribution >= 4 is 17.3 Å². The number of halogens is 1. The molecule has 0 aliphatic heterocycles. The fraction of sp³-hybridized carbons (Fsp3) is 0.462. The standard InChI is InChI=1S/C13H18FN3O3/c1-8(2)4-3-5-16-13(18)9-6-11(15)10(14)7-12(9)17(19)20/h6-8H,3-5,15H2,1-2H3,(H,16,18). The van der Waals surface area contributed by atoms with E-state index in [4.69, 9.17) is 5.73 Å². The van der Waals surface area contributed by atoms with Crippen LogP contribution in [-0.2, 0) is 0 Å². The number of carbonyl (C=O) groups excluding carboxylic acids is 1. The van der Waals surface area contributed by atoms with Gasteiger partial charge in [0.2, 0.25) is 0 Å². The van der Waals surface area contributed by atoms with Crippen LogP contribution in [0.25, 0.3) is 0 Å². The second kappa shape index (κ2) is 6.83. The molecule has 0 heterocycles. The summed E-state index contributed by atoms with van der Waals surface area (Å²) in [6.07, 6.45) is 1.71. The van der Waals surface area contributed by atoms with E-state index < -0.39 is 22.3 Å². The number of rotatable bonds is 6. The summed E-state index contributed by atoms with van der Waals surface area (Å²) in [7, 11) is 0. The van der Waals surface area contributed by atoms with Crippen molar-refractivity contribution in [1.29, 1.82) is 0 Å². The van der Waals surface area contributed by atoms with Crippen molar-refractivity contribution in [3.05, 3.63) is 33.6 Å². The highest BCUT2D eigenvalue weighted by Crippen LogP contribution is 2.24. The van der Waals surface area contributed by atoms with Crippen LogP contribution in [0.3, 0.4) is 0 Å². The lowest BCUT2D eigenvalue weighted by Crippen LogP contribution is -2.25. The van der Waals surface area contributed by atoms with Crippen molar-refractivity contribution in [3.8, 4) is 0 Å². The normalized spacial score (nSPS) is 10.6. The van der Waals surface area contributed by atoms with Crippen molar-refractivity contribution in [2.45, 2.75) is 26.7 Å². The number of nitro benzene ring substituents is 1. The minimum Gasteiger partial charge on any atom is -0.396 e. The first-order chi connectivity index (χ1) is 9.32. The number of hydrogen-bond acceptors (Lipinski definition) is 4. The lowest BCUT2D eigenvalue weighted by atomic mass is 10.1. The predicted octanol–water partition coefficient (Wildman–Crippen LogP) is 2.48. The first-order valence-corrected chi connectivity index (χ1v) is 6.34. The highest BCUT2D eigenvalue weighted by molar-refractivity contribution is 5.99. The van der Waals surface area contributed by atoms with E-state index in [0.29, 0.717) is 18.5 Å². The summed E-state index contributed by atoms with van der Waals surface area (Å²) in [5.41, 5.74) is 4.25. The maximum atomic E-state index is 13.2. The number of nitrogens with zero attached hydrogens (tertiary/aromatic N) is 1. The van der Waals surface area contributed by atoms with E-state index in [1.54, 1.807) is 0 Å². The number of benzene rings is 1. The van der Waals surface area contributed by atoms with E-state index >= 15 is 0 Å². The van der Waals surface area contributed by atoms with Gasteiger partial charge in [0.05, 0.1) is 16.7 Å². The van der Waals surface area contributed by atoms with Gasteiger partial charge < -0.3 is 11.1 Å². The van der Waals surface area contributed by atoms with Gasteiger partial charge in [-0.15, -0.1) is 0 Å². The highest BCUT2D eigenvalue weighted by Gasteiger charge is 2.22. The molecule has 0 bridgehead atoms. The molecule has 0 aliphatic carbocycles. The van der Waals surface area contributed by atoms with Crippen molar-refractivity contribution < 1.29 is 14.1 Å². The number of nitrogens with one attached hydrogen (secondary N) is 1. The Hall–Kier alpha value is -2.18. The van der Waals surface area contributed by atoms with Crippen LogP contribution < -0.4 is 11.1 Å². The van der Waals surface area contributed by atoms with Gasteiger partial charge in [-0.1, -0.05) is 13.8 Å². The number of nitro groups is 1. The average Bonchev–Trinajstić information content (AvgIpc) is 2.36. The van der Waals surface area contributed by atoms with Crippen LogP contribution in [0.2, 0.25) is 0 Å². The molecular weight excluding hydrogens is 265 g/mol. The second-order valence-electron chi connectivity index (χ2n) is 4.94. The third-order valence-electron chi connectivity index (χ3n) is 2.80. The monoisotopic (exact) mass is 283 g/mol. The van der Waals surface area contributed by atoms with Gasteiger partial charge in [0.15, 0.2) is 5.82 Å². The van der Waals surface area contributed by atoms with Crippen LogP contribution >= 0.6 is 0 Å². The topological polar surface area (TPSA) is 98.3 Å². The van der Waals surface area contributed by atoms with E-state index in [9.17, 15) is 19.3 Å². The van der Waals surface area contributed by atoms with Crippen LogP contribution in [0.15, 0.2) is 12.1 Å². The Morgan fingerprint density at radius 3 is 2.70 bits per heavy atom. The molecule has 110 valence electrons. The molecule has 1 amide bonds. The summed E-state index contributed by atoms with van der Waals surface area (Å²) in [5, 5.41) is 13.4. The highest BCUT2D eigenvalue weighted by atomic mass is 19.1. The molecule has 0 atom stereocenters. The summed E-state index contributed by atoms with van der Waals surface area (Å²) in [4.78, 5) is 21.9. The summed E-state index contributed by atoms with van der Waals surface area (Å²) >= 11 is 0.